The van der Waals surface area contributed by atoms with E-state index in [1.54, 1.807) is 42.5 Å². The van der Waals surface area contributed by atoms with E-state index in [-0.39, 0.29) is 23.2 Å². The Hall–Kier alpha value is -4.50. The Balaban J connectivity index is 1.28. The molecule has 2 heterocycles. The zero-order chi connectivity index (χ0) is 28.1. The van der Waals surface area contributed by atoms with Crippen molar-refractivity contribution in [2.24, 2.45) is 0 Å². The molecule has 1 N–H and O–H groups in total. The van der Waals surface area contributed by atoms with Crippen LogP contribution in [0.1, 0.15) is 40.7 Å². The van der Waals surface area contributed by atoms with Gasteiger partial charge in [0.2, 0.25) is 0 Å². The van der Waals surface area contributed by atoms with Crippen LogP contribution in [0.15, 0.2) is 78.4 Å². The van der Waals surface area contributed by atoms with Crippen molar-refractivity contribution in [1.82, 2.24) is 10.2 Å². The van der Waals surface area contributed by atoms with Crippen molar-refractivity contribution < 1.29 is 23.9 Å². The number of hydrogen-bond acceptors (Lipinski definition) is 6. The highest BCUT2D eigenvalue weighted by molar-refractivity contribution is 7.80. The van der Waals surface area contributed by atoms with Crippen LogP contribution >= 0.6 is 12.2 Å². The number of ether oxygens (including phenoxy) is 2. The molecule has 3 aromatic carbocycles. The first-order chi connectivity index (χ1) is 19.4. The van der Waals surface area contributed by atoms with Crippen LogP contribution in [0.3, 0.4) is 0 Å². The van der Waals surface area contributed by atoms with Crippen molar-refractivity contribution in [2.75, 3.05) is 25.1 Å². The number of nitrogens with one attached hydrogen (secondary N) is 1. The molecule has 204 valence electrons. The van der Waals surface area contributed by atoms with E-state index in [9.17, 15) is 14.4 Å². The summed E-state index contributed by atoms with van der Waals surface area (Å²) in [4.78, 5) is 41.8. The molecule has 0 radical (unpaired) electrons. The van der Waals surface area contributed by atoms with Gasteiger partial charge >= 0.3 is 0 Å². The molecule has 2 aliphatic rings. The van der Waals surface area contributed by atoms with E-state index in [4.69, 9.17) is 21.7 Å². The van der Waals surface area contributed by atoms with Gasteiger partial charge < -0.3 is 14.4 Å². The molecule has 40 heavy (non-hydrogen) atoms. The SMILES string of the molecule is COc1cc(/C=C2\C(=O)NC(=S)N(c3ccccc3)C2=O)ccc1OCc1ccc(C(=O)N2CCCCC2)cc1. The lowest BCUT2D eigenvalue weighted by atomic mass is 10.1. The zero-order valence-electron chi connectivity index (χ0n) is 22.1. The number of piperidine rings is 1. The van der Waals surface area contributed by atoms with Crippen molar-refractivity contribution >= 4 is 46.8 Å². The summed E-state index contributed by atoms with van der Waals surface area (Å²) < 4.78 is 11.5. The van der Waals surface area contributed by atoms with Gasteiger partial charge in [-0.3, -0.25) is 24.6 Å². The molecule has 0 unspecified atom stereocenters. The summed E-state index contributed by atoms with van der Waals surface area (Å²) in [7, 11) is 1.52. The van der Waals surface area contributed by atoms with E-state index >= 15 is 0 Å². The van der Waals surface area contributed by atoms with Gasteiger partial charge in [0.15, 0.2) is 16.6 Å². The Bertz CT molecular complexity index is 1460. The molecule has 2 fully saturated rings. The number of thiocarbonyl (C=S) groups is 1. The fourth-order valence-electron chi connectivity index (χ4n) is 4.71. The Morgan fingerprint density at radius 2 is 1.68 bits per heavy atom. The molecule has 5 rings (SSSR count). The van der Waals surface area contributed by atoms with Gasteiger partial charge in [0, 0.05) is 18.7 Å². The summed E-state index contributed by atoms with van der Waals surface area (Å²) >= 11 is 5.25. The molecule has 0 atom stereocenters. The van der Waals surface area contributed by atoms with Crippen molar-refractivity contribution in [2.45, 2.75) is 25.9 Å². The number of likely N-dealkylation sites (tertiary alicyclic amines) is 1. The predicted octanol–water partition coefficient (Wildman–Crippen LogP) is 4.73. The molecule has 8 nitrogen and oxygen atoms in total. The molecule has 0 aromatic heterocycles. The number of carbonyl (C=O) groups excluding carboxylic acids is 3. The Morgan fingerprint density at radius 1 is 0.950 bits per heavy atom. The topological polar surface area (TPSA) is 88.2 Å². The molecule has 0 aliphatic carbocycles. The van der Waals surface area contributed by atoms with Crippen molar-refractivity contribution in [3.8, 4) is 11.5 Å². The number of benzene rings is 3. The number of anilines is 1. The van der Waals surface area contributed by atoms with Gasteiger partial charge in [-0.15, -0.1) is 0 Å². The molecular formula is C31H29N3O5S. The van der Waals surface area contributed by atoms with Crippen LogP contribution in [0.5, 0.6) is 11.5 Å². The van der Waals surface area contributed by atoms with Gasteiger partial charge in [-0.1, -0.05) is 36.4 Å². The van der Waals surface area contributed by atoms with Crippen LogP contribution in [0, 0.1) is 0 Å². The standard InChI is InChI=1S/C31H29N3O5S/c1-38-27-19-22(18-25-28(35)32-31(40)34(30(25)37)24-8-4-2-5-9-24)12-15-26(27)39-20-21-10-13-23(14-11-21)29(36)33-16-6-3-7-17-33/h2,4-5,8-15,18-19H,3,6-7,16-17,20H2,1H3,(H,32,35,40)/b25-18+. The first-order valence-electron chi connectivity index (χ1n) is 13.1. The number of methoxy groups -OCH3 is 1. The number of para-hydroxylation sites is 1. The summed E-state index contributed by atoms with van der Waals surface area (Å²) in [5.74, 6) is -0.0579. The van der Waals surface area contributed by atoms with E-state index < -0.39 is 11.8 Å². The molecular weight excluding hydrogens is 526 g/mol. The monoisotopic (exact) mass is 555 g/mol. The summed E-state index contributed by atoms with van der Waals surface area (Å²) in [6, 6.07) is 21.5. The van der Waals surface area contributed by atoms with Crippen LogP contribution in [0.25, 0.3) is 6.08 Å². The second kappa shape index (κ2) is 12.1. The third-order valence-corrected chi connectivity index (χ3v) is 7.14. The maximum atomic E-state index is 13.2. The van der Waals surface area contributed by atoms with Crippen LogP contribution in [0.2, 0.25) is 0 Å². The molecule has 0 spiro atoms. The van der Waals surface area contributed by atoms with Gasteiger partial charge in [0.05, 0.1) is 12.8 Å². The van der Waals surface area contributed by atoms with E-state index in [1.165, 1.54) is 24.5 Å². The van der Waals surface area contributed by atoms with Gasteiger partial charge in [-0.2, -0.15) is 0 Å². The maximum absolute atomic E-state index is 13.2. The van der Waals surface area contributed by atoms with Crippen molar-refractivity contribution in [1.29, 1.82) is 0 Å². The summed E-state index contributed by atoms with van der Waals surface area (Å²) in [5, 5.41) is 2.62. The first-order valence-corrected chi connectivity index (χ1v) is 13.5. The number of carbonyl (C=O) groups is 3. The number of hydrogen-bond donors (Lipinski definition) is 1. The van der Waals surface area contributed by atoms with Crippen LogP contribution in [-0.4, -0.2) is 47.9 Å². The fourth-order valence-corrected chi connectivity index (χ4v) is 4.99. The number of amides is 3. The lowest BCUT2D eigenvalue weighted by Crippen LogP contribution is -2.54. The lowest BCUT2D eigenvalue weighted by molar-refractivity contribution is -0.122. The second-order valence-corrected chi connectivity index (χ2v) is 9.93. The summed E-state index contributed by atoms with van der Waals surface area (Å²) in [6.45, 7) is 1.90. The lowest BCUT2D eigenvalue weighted by Gasteiger charge is -2.28. The van der Waals surface area contributed by atoms with E-state index in [1.807, 2.05) is 35.2 Å². The van der Waals surface area contributed by atoms with Crippen molar-refractivity contribution in [3.63, 3.8) is 0 Å². The molecule has 3 amide bonds. The van der Waals surface area contributed by atoms with E-state index in [2.05, 4.69) is 5.32 Å². The third-order valence-electron chi connectivity index (χ3n) is 6.85. The van der Waals surface area contributed by atoms with Crippen molar-refractivity contribution in [3.05, 3.63) is 95.1 Å². The minimum absolute atomic E-state index is 0.0311. The van der Waals surface area contributed by atoms with Gasteiger partial charge in [0.25, 0.3) is 17.7 Å². The fraction of sp³-hybridized carbons (Fsp3) is 0.226. The maximum Gasteiger partial charge on any atom is 0.270 e. The normalized spacial score (nSPS) is 16.6. The molecule has 2 aliphatic heterocycles. The summed E-state index contributed by atoms with van der Waals surface area (Å²) in [5.41, 5.74) is 2.68. The van der Waals surface area contributed by atoms with Crippen LogP contribution in [-0.2, 0) is 16.2 Å². The Kier molecular flexibility index (Phi) is 8.21. The van der Waals surface area contributed by atoms with Gasteiger partial charge in [-0.05, 0) is 85.1 Å². The molecule has 0 saturated carbocycles. The highest BCUT2D eigenvalue weighted by Gasteiger charge is 2.34. The zero-order valence-corrected chi connectivity index (χ0v) is 22.9. The quantitative estimate of drug-likeness (QED) is 0.258. The average Bonchev–Trinajstić information content (AvgIpc) is 2.99. The highest BCUT2D eigenvalue weighted by Crippen LogP contribution is 2.30. The predicted molar refractivity (Wildman–Crippen MR) is 156 cm³/mol. The van der Waals surface area contributed by atoms with E-state index in [0.717, 1.165) is 31.5 Å². The minimum atomic E-state index is -0.566. The largest absolute Gasteiger partial charge is 0.493 e. The molecule has 3 aromatic rings. The van der Waals surface area contributed by atoms with Crippen LogP contribution in [0.4, 0.5) is 5.69 Å². The highest BCUT2D eigenvalue weighted by atomic mass is 32.1. The molecule has 9 heteroatoms. The number of nitrogens with zero attached hydrogens (tertiary/aromatic N) is 2. The third kappa shape index (κ3) is 5.89. The summed E-state index contributed by atoms with van der Waals surface area (Å²) in [6.07, 6.45) is 4.79. The second-order valence-electron chi connectivity index (χ2n) is 9.54. The van der Waals surface area contributed by atoms with Gasteiger partial charge in [0.1, 0.15) is 12.2 Å². The Labute approximate surface area is 238 Å². The average molecular weight is 556 g/mol. The van der Waals surface area contributed by atoms with Gasteiger partial charge in [-0.25, -0.2) is 0 Å². The molecule has 0 bridgehead atoms. The van der Waals surface area contributed by atoms with E-state index in [0.29, 0.717) is 28.3 Å². The Morgan fingerprint density at radius 3 is 2.38 bits per heavy atom. The number of rotatable bonds is 7. The van der Waals surface area contributed by atoms with Crippen LogP contribution < -0.4 is 19.7 Å². The first kappa shape index (κ1) is 27.1. The smallest absolute Gasteiger partial charge is 0.270 e. The molecule has 2 saturated heterocycles. The minimum Gasteiger partial charge on any atom is -0.493 e.